The van der Waals surface area contributed by atoms with E-state index in [1.807, 2.05) is 71.0 Å². The minimum Gasteiger partial charge on any atom is -0.443 e. The highest BCUT2D eigenvalue weighted by Crippen LogP contribution is 2.30. The van der Waals surface area contributed by atoms with Gasteiger partial charge in [-0.3, -0.25) is 4.79 Å². The first-order chi connectivity index (χ1) is 12.8. The maximum Gasteiger partial charge on any atom is 0.418 e. The Hall–Kier alpha value is -2.43. The van der Waals surface area contributed by atoms with Crippen LogP contribution in [0.2, 0.25) is 0 Å². The van der Waals surface area contributed by atoms with E-state index in [9.17, 15) is 9.59 Å². The normalized spacial score (nSPS) is 19.8. The smallest absolute Gasteiger partial charge is 0.418 e. The standard InChI is InChI=1S/C23H32N2O3/c1-15(2)19-18(16-12-10-9-11-13-16)24-17(14-22(3,4)5)20(26)25(19)21(27)28-23(6,7)8/h9-15,19H,1-8H3/b17-14-. The van der Waals surface area contributed by atoms with Gasteiger partial charge in [-0.15, -0.1) is 0 Å². The molecule has 1 aromatic carbocycles. The third-order valence-corrected chi connectivity index (χ3v) is 4.10. The minimum atomic E-state index is -0.700. The van der Waals surface area contributed by atoms with Crippen LogP contribution in [0.3, 0.4) is 0 Å². The number of carbonyl (C=O) groups excluding carboxylic acids is 2. The third kappa shape index (κ3) is 5.31. The second-order valence-electron chi connectivity index (χ2n) is 9.60. The van der Waals surface area contributed by atoms with E-state index in [-0.39, 0.29) is 17.0 Å². The lowest BCUT2D eigenvalue weighted by atomic mass is 9.89. The Bertz CT molecular complexity index is 793. The van der Waals surface area contributed by atoms with Crippen LogP contribution in [0, 0.1) is 11.3 Å². The summed E-state index contributed by atoms with van der Waals surface area (Å²) in [7, 11) is 0. The molecule has 0 aliphatic carbocycles. The number of allylic oxidation sites excluding steroid dienone is 1. The summed E-state index contributed by atoms with van der Waals surface area (Å²) < 4.78 is 5.57. The molecule has 1 atom stereocenters. The summed E-state index contributed by atoms with van der Waals surface area (Å²) in [5.41, 5.74) is 0.905. The molecule has 0 bridgehead atoms. The van der Waals surface area contributed by atoms with Crippen LogP contribution in [-0.4, -0.2) is 34.3 Å². The Balaban J connectivity index is 2.67. The SMILES string of the molecule is CC(C)C1C(c2ccccc2)=N/C(=C\C(C)(C)C)C(=O)N1C(=O)OC(C)(C)C. The molecule has 2 rings (SSSR count). The quantitative estimate of drug-likeness (QED) is 0.658. The van der Waals surface area contributed by atoms with Gasteiger partial charge < -0.3 is 4.74 Å². The summed E-state index contributed by atoms with van der Waals surface area (Å²) in [6.45, 7) is 15.3. The zero-order valence-corrected chi connectivity index (χ0v) is 18.2. The molecule has 5 heteroatoms. The summed E-state index contributed by atoms with van der Waals surface area (Å²) in [4.78, 5) is 32.3. The Kier molecular flexibility index (Phi) is 6.17. The van der Waals surface area contributed by atoms with Gasteiger partial charge in [-0.2, -0.15) is 0 Å². The van der Waals surface area contributed by atoms with Gasteiger partial charge in [-0.25, -0.2) is 14.7 Å². The van der Waals surface area contributed by atoms with Crippen molar-refractivity contribution in [1.29, 1.82) is 0 Å². The predicted molar refractivity (Wildman–Crippen MR) is 112 cm³/mol. The third-order valence-electron chi connectivity index (χ3n) is 4.10. The minimum absolute atomic E-state index is 0.0217. The van der Waals surface area contributed by atoms with Crippen molar-refractivity contribution in [1.82, 2.24) is 4.90 Å². The first-order valence-corrected chi connectivity index (χ1v) is 9.73. The van der Waals surface area contributed by atoms with Crippen LogP contribution in [-0.2, 0) is 9.53 Å². The van der Waals surface area contributed by atoms with Crippen LogP contribution in [0.1, 0.15) is 61.0 Å². The highest BCUT2D eigenvalue weighted by atomic mass is 16.6. The molecule has 152 valence electrons. The lowest BCUT2D eigenvalue weighted by Gasteiger charge is -2.38. The van der Waals surface area contributed by atoms with E-state index >= 15 is 0 Å². The van der Waals surface area contributed by atoms with E-state index in [0.29, 0.717) is 5.71 Å². The van der Waals surface area contributed by atoms with Crippen molar-refractivity contribution in [2.45, 2.75) is 67.0 Å². The van der Waals surface area contributed by atoms with Crippen molar-refractivity contribution < 1.29 is 14.3 Å². The number of benzene rings is 1. The molecule has 1 aliphatic heterocycles. The van der Waals surface area contributed by atoms with Gasteiger partial charge in [0.2, 0.25) is 0 Å². The average Bonchev–Trinajstić information content (AvgIpc) is 2.53. The second kappa shape index (κ2) is 7.90. The fraction of sp³-hybridized carbons (Fsp3) is 0.522. The van der Waals surface area contributed by atoms with Gasteiger partial charge in [0.25, 0.3) is 5.91 Å². The van der Waals surface area contributed by atoms with Gasteiger partial charge in [-0.05, 0) is 43.7 Å². The monoisotopic (exact) mass is 384 g/mol. The Morgan fingerprint density at radius 3 is 2.14 bits per heavy atom. The van der Waals surface area contributed by atoms with Gasteiger partial charge in [0, 0.05) is 0 Å². The highest BCUT2D eigenvalue weighted by Gasteiger charge is 2.43. The molecule has 0 saturated heterocycles. The molecule has 28 heavy (non-hydrogen) atoms. The largest absolute Gasteiger partial charge is 0.443 e. The topological polar surface area (TPSA) is 59.0 Å². The van der Waals surface area contributed by atoms with Gasteiger partial charge in [-0.1, -0.05) is 65.0 Å². The van der Waals surface area contributed by atoms with Crippen LogP contribution >= 0.6 is 0 Å². The van der Waals surface area contributed by atoms with Gasteiger partial charge in [0.15, 0.2) is 0 Å². The molecule has 5 nitrogen and oxygen atoms in total. The van der Waals surface area contributed by atoms with Crippen LogP contribution in [0.15, 0.2) is 47.1 Å². The number of hydrogen-bond donors (Lipinski definition) is 0. The van der Waals surface area contributed by atoms with E-state index in [1.54, 1.807) is 20.8 Å². The van der Waals surface area contributed by atoms with E-state index in [2.05, 4.69) is 0 Å². The Morgan fingerprint density at radius 1 is 1.11 bits per heavy atom. The number of nitrogens with zero attached hydrogens (tertiary/aromatic N) is 2. The van der Waals surface area contributed by atoms with E-state index in [0.717, 1.165) is 5.56 Å². The number of rotatable bonds is 2. The molecule has 1 aliphatic rings. The number of imide groups is 1. The fourth-order valence-corrected chi connectivity index (χ4v) is 3.09. The van der Waals surface area contributed by atoms with Crippen LogP contribution < -0.4 is 0 Å². The zero-order valence-electron chi connectivity index (χ0n) is 18.2. The number of carbonyl (C=O) groups is 2. The van der Waals surface area contributed by atoms with E-state index < -0.39 is 23.6 Å². The van der Waals surface area contributed by atoms with Crippen molar-refractivity contribution in [3.63, 3.8) is 0 Å². The number of hydrogen-bond acceptors (Lipinski definition) is 4. The van der Waals surface area contributed by atoms with E-state index in [4.69, 9.17) is 9.73 Å². The molecule has 0 saturated carbocycles. The number of ether oxygens (including phenoxy) is 1. The second-order valence-corrected chi connectivity index (χ2v) is 9.60. The van der Waals surface area contributed by atoms with Crippen molar-refractivity contribution in [3.05, 3.63) is 47.7 Å². The summed E-state index contributed by atoms with van der Waals surface area (Å²) >= 11 is 0. The van der Waals surface area contributed by atoms with Crippen LogP contribution in [0.5, 0.6) is 0 Å². The van der Waals surface area contributed by atoms with Crippen molar-refractivity contribution in [2.24, 2.45) is 16.3 Å². The lowest BCUT2D eigenvalue weighted by Crippen LogP contribution is -2.55. The van der Waals surface area contributed by atoms with Crippen LogP contribution in [0.25, 0.3) is 0 Å². The zero-order chi connectivity index (χ0) is 21.3. The molecule has 1 heterocycles. The molecule has 0 radical (unpaired) electrons. The maximum absolute atomic E-state index is 13.3. The van der Waals surface area contributed by atoms with Crippen LogP contribution in [0.4, 0.5) is 4.79 Å². The van der Waals surface area contributed by atoms with Crippen molar-refractivity contribution in [2.75, 3.05) is 0 Å². The maximum atomic E-state index is 13.3. The number of aliphatic imine (C=N–C) groups is 1. The molecule has 0 fully saturated rings. The van der Waals surface area contributed by atoms with Crippen molar-refractivity contribution in [3.8, 4) is 0 Å². The molecule has 0 spiro atoms. The average molecular weight is 385 g/mol. The first kappa shape index (κ1) is 21.9. The van der Waals surface area contributed by atoms with Gasteiger partial charge in [0.05, 0.1) is 11.8 Å². The first-order valence-electron chi connectivity index (χ1n) is 9.73. The Labute approximate surface area is 168 Å². The van der Waals surface area contributed by atoms with Gasteiger partial charge in [0.1, 0.15) is 11.3 Å². The van der Waals surface area contributed by atoms with E-state index in [1.165, 1.54) is 4.90 Å². The van der Waals surface area contributed by atoms with Crippen molar-refractivity contribution >= 4 is 17.7 Å². The molecule has 1 aromatic rings. The lowest BCUT2D eigenvalue weighted by molar-refractivity contribution is -0.128. The highest BCUT2D eigenvalue weighted by molar-refractivity contribution is 6.16. The summed E-state index contributed by atoms with van der Waals surface area (Å²) in [6, 6.07) is 9.19. The molecule has 0 aromatic heterocycles. The fourth-order valence-electron chi connectivity index (χ4n) is 3.09. The molecule has 2 amide bonds. The number of amides is 2. The summed E-state index contributed by atoms with van der Waals surface area (Å²) in [5, 5.41) is 0. The summed E-state index contributed by atoms with van der Waals surface area (Å²) in [5.74, 6) is -0.436. The molecule has 0 N–H and O–H groups in total. The predicted octanol–water partition coefficient (Wildman–Crippen LogP) is 5.21. The molecular weight excluding hydrogens is 352 g/mol. The van der Waals surface area contributed by atoms with Gasteiger partial charge >= 0.3 is 6.09 Å². The Morgan fingerprint density at radius 2 is 1.68 bits per heavy atom. The summed E-state index contributed by atoms with van der Waals surface area (Å²) in [6.07, 6.45) is 1.17. The molecule has 1 unspecified atom stereocenters. The molecular formula is C23H32N2O3.